The molecule has 2 rings (SSSR count). The van der Waals surface area contributed by atoms with Gasteiger partial charge in [-0.15, -0.1) is 0 Å². The zero-order valence-electron chi connectivity index (χ0n) is 8.77. The van der Waals surface area contributed by atoms with Gasteiger partial charge in [0.15, 0.2) is 0 Å². The van der Waals surface area contributed by atoms with E-state index in [1.54, 1.807) is 6.21 Å². The lowest BCUT2D eigenvalue weighted by Crippen LogP contribution is -1.78. The van der Waals surface area contributed by atoms with Gasteiger partial charge in [0, 0.05) is 11.8 Å². The first-order valence-corrected chi connectivity index (χ1v) is 4.79. The summed E-state index contributed by atoms with van der Waals surface area (Å²) in [6, 6.07) is 9.89. The minimum Gasteiger partial charge on any atom is -0.336 e. The van der Waals surface area contributed by atoms with Gasteiger partial charge in [-0.05, 0) is 19.4 Å². The highest BCUT2D eigenvalue weighted by molar-refractivity contribution is 5.81. The number of aliphatic imine (C=N–C) groups is 1. The van der Waals surface area contributed by atoms with Crippen LogP contribution in [0.4, 0.5) is 5.88 Å². The van der Waals surface area contributed by atoms with Crippen molar-refractivity contribution in [1.29, 1.82) is 0 Å². The Kier molecular flexibility index (Phi) is 2.63. The van der Waals surface area contributed by atoms with Crippen molar-refractivity contribution in [3.8, 4) is 0 Å². The second-order valence-corrected chi connectivity index (χ2v) is 3.37. The number of hydrogen-bond donors (Lipinski definition) is 0. The molecule has 0 N–H and O–H groups in total. The van der Waals surface area contributed by atoms with Crippen molar-refractivity contribution >= 4 is 12.1 Å². The molecule has 0 saturated carbocycles. The van der Waals surface area contributed by atoms with Crippen molar-refractivity contribution in [2.75, 3.05) is 0 Å². The molecule has 0 aliphatic heterocycles. The molecule has 0 fully saturated rings. The van der Waals surface area contributed by atoms with Gasteiger partial charge < -0.3 is 4.52 Å². The van der Waals surface area contributed by atoms with E-state index in [2.05, 4.69) is 10.1 Å². The number of hydrogen-bond acceptors (Lipinski definition) is 3. The highest BCUT2D eigenvalue weighted by Crippen LogP contribution is 2.20. The molecule has 0 saturated heterocycles. The van der Waals surface area contributed by atoms with Crippen LogP contribution in [0.3, 0.4) is 0 Å². The molecule has 0 bridgehead atoms. The van der Waals surface area contributed by atoms with Gasteiger partial charge in [-0.25, -0.2) is 4.99 Å². The number of aryl methyl sites for hydroxylation is 1. The van der Waals surface area contributed by atoms with E-state index in [9.17, 15) is 0 Å². The van der Waals surface area contributed by atoms with Gasteiger partial charge in [0.1, 0.15) is 0 Å². The molecule has 15 heavy (non-hydrogen) atoms. The van der Waals surface area contributed by atoms with E-state index in [0.29, 0.717) is 5.88 Å². The van der Waals surface area contributed by atoms with Crippen molar-refractivity contribution in [3.05, 3.63) is 47.2 Å². The molecule has 1 heterocycles. The fourth-order valence-corrected chi connectivity index (χ4v) is 1.20. The summed E-state index contributed by atoms with van der Waals surface area (Å²) >= 11 is 0. The third-order valence-corrected chi connectivity index (χ3v) is 2.26. The molecule has 0 radical (unpaired) electrons. The van der Waals surface area contributed by atoms with Crippen LogP contribution in [-0.4, -0.2) is 11.4 Å². The summed E-state index contributed by atoms with van der Waals surface area (Å²) in [6.45, 7) is 3.85. The average Bonchev–Trinajstić information content (AvgIpc) is 2.59. The molecular weight excluding hydrogens is 188 g/mol. The van der Waals surface area contributed by atoms with Crippen molar-refractivity contribution in [3.63, 3.8) is 0 Å². The van der Waals surface area contributed by atoms with Crippen molar-refractivity contribution in [2.45, 2.75) is 13.8 Å². The smallest absolute Gasteiger partial charge is 0.253 e. The molecule has 1 aromatic heterocycles. The van der Waals surface area contributed by atoms with Crippen LogP contribution in [0.2, 0.25) is 0 Å². The lowest BCUT2D eigenvalue weighted by Gasteiger charge is -1.90. The molecule has 0 aliphatic carbocycles. The Labute approximate surface area is 88.4 Å². The lowest BCUT2D eigenvalue weighted by atomic mass is 10.2. The minimum atomic E-state index is 0.580. The fourth-order valence-electron chi connectivity index (χ4n) is 1.20. The predicted molar refractivity (Wildman–Crippen MR) is 59.7 cm³/mol. The fraction of sp³-hybridized carbons (Fsp3) is 0.167. The molecule has 0 atom stereocenters. The van der Waals surface area contributed by atoms with Crippen molar-refractivity contribution in [1.82, 2.24) is 5.16 Å². The maximum Gasteiger partial charge on any atom is 0.253 e. The second kappa shape index (κ2) is 4.09. The van der Waals surface area contributed by atoms with Gasteiger partial charge in [0.2, 0.25) is 0 Å². The Morgan fingerprint density at radius 1 is 1.20 bits per heavy atom. The first-order chi connectivity index (χ1) is 7.27. The number of aromatic nitrogens is 1. The number of rotatable bonds is 2. The molecule has 0 unspecified atom stereocenters. The van der Waals surface area contributed by atoms with Gasteiger partial charge in [-0.1, -0.05) is 35.5 Å². The van der Waals surface area contributed by atoms with Gasteiger partial charge in [0.25, 0.3) is 5.88 Å². The molecule has 0 aliphatic rings. The van der Waals surface area contributed by atoms with E-state index in [4.69, 9.17) is 4.52 Å². The first kappa shape index (κ1) is 9.65. The Morgan fingerprint density at radius 2 is 1.93 bits per heavy atom. The number of benzene rings is 1. The standard InChI is InChI=1S/C12H12N2O/c1-9-10(2)14-15-12(9)13-8-11-6-4-3-5-7-11/h3-8H,1-2H3. The van der Waals surface area contributed by atoms with Crippen LogP contribution in [0.15, 0.2) is 39.8 Å². The van der Waals surface area contributed by atoms with E-state index < -0.39 is 0 Å². The van der Waals surface area contributed by atoms with E-state index in [1.807, 2.05) is 44.2 Å². The molecule has 0 spiro atoms. The Bertz CT molecular complexity index is 472. The average molecular weight is 200 g/mol. The van der Waals surface area contributed by atoms with Crippen LogP contribution >= 0.6 is 0 Å². The maximum atomic E-state index is 5.07. The molecule has 3 nitrogen and oxygen atoms in total. The molecule has 2 aromatic rings. The van der Waals surface area contributed by atoms with Crippen molar-refractivity contribution in [2.24, 2.45) is 4.99 Å². The van der Waals surface area contributed by atoms with E-state index in [-0.39, 0.29) is 0 Å². The highest BCUT2D eigenvalue weighted by Gasteiger charge is 2.05. The molecular formula is C12H12N2O. The molecule has 1 aromatic carbocycles. The van der Waals surface area contributed by atoms with Gasteiger partial charge >= 0.3 is 0 Å². The van der Waals surface area contributed by atoms with E-state index in [1.165, 1.54) is 0 Å². The summed E-state index contributed by atoms with van der Waals surface area (Å²) in [7, 11) is 0. The van der Waals surface area contributed by atoms with Gasteiger partial charge in [0.05, 0.1) is 5.69 Å². The first-order valence-electron chi connectivity index (χ1n) is 4.79. The topological polar surface area (TPSA) is 38.4 Å². The summed E-state index contributed by atoms with van der Waals surface area (Å²) < 4.78 is 5.07. The van der Waals surface area contributed by atoms with Crippen LogP contribution < -0.4 is 0 Å². The quantitative estimate of drug-likeness (QED) is 0.699. The third kappa shape index (κ3) is 2.13. The molecule has 76 valence electrons. The Balaban J connectivity index is 2.23. The lowest BCUT2D eigenvalue weighted by molar-refractivity contribution is 0.425. The van der Waals surface area contributed by atoms with Crippen LogP contribution in [0.5, 0.6) is 0 Å². The van der Waals surface area contributed by atoms with Crippen LogP contribution in [0.1, 0.15) is 16.8 Å². The van der Waals surface area contributed by atoms with Gasteiger partial charge in [-0.3, -0.25) is 0 Å². The predicted octanol–water partition coefficient (Wildman–Crippen LogP) is 3.04. The summed E-state index contributed by atoms with van der Waals surface area (Å²) in [5.41, 5.74) is 2.92. The maximum absolute atomic E-state index is 5.07. The second-order valence-electron chi connectivity index (χ2n) is 3.37. The van der Waals surface area contributed by atoms with E-state index in [0.717, 1.165) is 16.8 Å². The molecule has 0 amide bonds. The van der Waals surface area contributed by atoms with Crippen molar-refractivity contribution < 1.29 is 4.52 Å². The normalized spacial score (nSPS) is 11.1. The monoisotopic (exact) mass is 200 g/mol. The minimum absolute atomic E-state index is 0.580. The largest absolute Gasteiger partial charge is 0.336 e. The van der Waals surface area contributed by atoms with E-state index >= 15 is 0 Å². The summed E-state index contributed by atoms with van der Waals surface area (Å²) in [6.07, 6.45) is 1.77. The SMILES string of the molecule is Cc1noc(N=Cc2ccccc2)c1C. The third-order valence-electron chi connectivity index (χ3n) is 2.26. The van der Waals surface area contributed by atoms with Gasteiger partial charge in [-0.2, -0.15) is 0 Å². The molecule has 3 heteroatoms. The van der Waals surface area contributed by atoms with Crippen LogP contribution in [-0.2, 0) is 0 Å². The zero-order valence-corrected chi connectivity index (χ0v) is 8.77. The highest BCUT2D eigenvalue weighted by atomic mass is 16.5. The number of nitrogens with zero attached hydrogens (tertiary/aromatic N) is 2. The Morgan fingerprint density at radius 3 is 2.53 bits per heavy atom. The van der Waals surface area contributed by atoms with Crippen LogP contribution in [0, 0.1) is 13.8 Å². The Hall–Kier alpha value is -1.90. The summed E-state index contributed by atoms with van der Waals surface area (Å²) in [5, 5.41) is 3.84. The zero-order chi connectivity index (χ0) is 10.7. The summed E-state index contributed by atoms with van der Waals surface area (Å²) in [4.78, 5) is 4.24. The summed E-state index contributed by atoms with van der Waals surface area (Å²) in [5.74, 6) is 0.580. The van der Waals surface area contributed by atoms with Crippen LogP contribution in [0.25, 0.3) is 0 Å².